The molecule has 0 radical (unpaired) electrons. The second kappa shape index (κ2) is 15.8. The van der Waals surface area contributed by atoms with Crippen molar-refractivity contribution in [3.63, 3.8) is 0 Å². The van der Waals surface area contributed by atoms with Gasteiger partial charge in [-0.25, -0.2) is 14.3 Å². The van der Waals surface area contributed by atoms with Crippen LogP contribution in [0.4, 0.5) is 0 Å². The number of hydrogen-bond acceptors (Lipinski definition) is 16. The van der Waals surface area contributed by atoms with Crippen molar-refractivity contribution in [2.75, 3.05) is 20.3 Å². The van der Waals surface area contributed by atoms with E-state index in [1.807, 2.05) is 4.72 Å². The number of aromatic amines is 1. The maximum Gasteiger partial charge on any atom is 0.334 e. The Morgan fingerprint density at radius 2 is 1.76 bits per heavy atom. The van der Waals surface area contributed by atoms with Gasteiger partial charge in [0.05, 0.1) is 20.1 Å². The van der Waals surface area contributed by atoms with E-state index in [0.717, 1.165) is 24.7 Å². The zero-order valence-corrected chi connectivity index (χ0v) is 31.2. The van der Waals surface area contributed by atoms with Crippen LogP contribution in [-0.2, 0) is 62.5 Å². The van der Waals surface area contributed by atoms with Crippen molar-refractivity contribution in [1.29, 1.82) is 0 Å². The molecule has 55 heavy (non-hydrogen) atoms. The van der Waals surface area contributed by atoms with Crippen molar-refractivity contribution in [2.45, 2.75) is 107 Å². The lowest BCUT2D eigenvalue weighted by Crippen LogP contribution is -2.75. The Balaban J connectivity index is 1.18. The average molecular weight is 798 g/mol. The first-order chi connectivity index (χ1) is 25.9. The summed E-state index contributed by atoms with van der Waals surface area (Å²) in [5.41, 5.74) is -3.39. The number of nitrogens with one attached hydrogen (secondary N) is 4. The minimum absolute atomic E-state index is 0.150. The van der Waals surface area contributed by atoms with Crippen molar-refractivity contribution < 1.29 is 65.8 Å². The number of fused-ring (bicyclic) bond motifs is 2. The highest BCUT2D eigenvalue weighted by Crippen LogP contribution is 2.43. The normalized spacial score (nSPS) is 33.2. The highest BCUT2D eigenvalue weighted by Gasteiger charge is 2.61. The number of hydrogen-bond donors (Lipinski definition) is 5. The summed E-state index contributed by atoms with van der Waals surface area (Å²) in [6.07, 6.45) is -11.3. The summed E-state index contributed by atoms with van der Waals surface area (Å²) in [5, 5.41) is 14.5. The first-order valence-corrected chi connectivity index (χ1v) is 18.7. The summed E-state index contributed by atoms with van der Waals surface area (Å²) in [7, 11) is -3.52. The molecule has 0 spiro atoms. The molecule has 1 aromatic carbocycles. The van der Waals surface area contributed by atoms with Crippen LogP contribution < -0.4 is 26.0 Å². The Bertz CT molecular complexity index is 1980. The highest BCUT2D eigenvalue weighted by atomic mass is 32.2. The van der Waals surface area contributed by atoms with Crippen molar-refractivity contribution in [1.82, 2.24) is 24.3 Å². The van der Waals surface area contributed by atoms with Gasteiger partial charge in [-0.05, 0) is 20.8 Å². The summed E-state index contributed by atoms with van der Waals surface area (Å²) in [5.74, 6) is -3.91. The van der Waals surface area contributed by atoms with Crippen molar-refractivity contribution in [2.24, 2.45) is 0 Å². The van der Waals surface area contributed by atoms with Crippen molar-refractivity contribution >= 4 is 28.0 Å². The number of carbonyl (C=O) groups is 3. The summed E-state index contributed by atoms with van der Waals surface area (Å²) >= 11 is 0. The Kier molecular flexibility index (Phi) is 11.7. The molecule has 22 heteroatoms. The predicted octanol–water partition coefficient (Wildman–Crippen LogP) is -2.05. The molecule has 2 aromatic rings. The fourth-order valence-corrected chi connectivity index (χ4v) is 7.82. The first-order valence-electron chi connectivity index (χ1n) is 17.2. The molecule has 21 nitrogen and oxygen atoms in total. The van der Waals surface area contributed by atoms with E-state index in [1.54, 1.807) is 44.2 Å². The van der Waals surface area contributed by atoms with Crippen LogP contribution in [0.2, 0.25) is 0 Å². The third-order valence-corrected chi connectivity index (χ3v) is 10.3. The SMILES string of the molecule is COC(=O)[C@@H](C)O[C@H]1[C@@H]2OC(c3ccccc3)OC[C@H]2O[C@H](CC(=O)NS(=O)(=O)NC[C@H]2O[C@@H](n3ccc(=O)[nH]c3=O)[C@@H]3OC(C)(C)O[C@@H]32)[C@@]1(O)NC(C)=O. The number of esters is 1. The van der Waals surface area contributed by atoms with Gasteiger partial charge in [0.2, 0.25) is 11.8 Å². The van der Waals surface area contributed by atoms with Gasteiger partial charge in [0, 0.05) is 31.3 Å². The molecule has 5 N–H and O–H groups in total. The molecule has 302 valence electrons. The second-order valence-corrected chi connectivity index (χ2v) is 15.3. The quantitative estimate of drug-likeness (QED) is 0.114. The largest absolute Gasteiger partial charge is 0.467 e. The smallest absolute Gasteiger partial charge is 0.334 e. The number of ether oxygens (including phenoxy) is 8. The van der Waals surface area contributed by atoms with Gasteiger partial charge in [-0.1, -0.05) is 30.3 Å². The monoisotopic (exact) mass is 797 g/mol. The number of methoxy groups -OCH3 is 1. The second-order valence-electron chi connectivity index (χ2n) is 13.8. The summed E-state index contributed by atoms with van der Waals surface area (Å²) < 4.78 is 78.3. The summed E-state index contributed by atoms with van der Waals surface area (Å²) in [6, 6.07) is 9.89. The van der Waals surface area contributed by atoms with Gasteiger partial charge in [0.25, 0.3) is 5.56 Å². The molecule has 11 atom stereocenters. The van der Waals surface area contributed by atoms with Crippen LogP contribution in [0.1, 0.15) is 52.2 Å². The summed E-state index contributed by atoms with van der Waals surface area (Å²) in [4.78, 5) is 64.6. The number of benzene rings is 1. The molecule has 1 unspecified atom stereocenters. The first kappa shape index (κ1) is 40.6. The predicted molar refractivity (Wildman–Crippen MR) is 183 cm³/mol. The lowest BCUT2D eigenvalue weighted by molar-refractivity contribution is -0.361. The van der Waals surface area contributed by atoms with Gasteiger partial charge in [-0.3, -0.25) is 23.9 Å². The molecule has 0 aliphatic carbocycles. The fraction of sp³-hybridized carbons (Fsp3) is 0.606. The maximum absolute atomic E-state index is 13.4. The standard InChI is InChI=1S/C33H43N5O16S/c1-16(29(42)47-5)49-27-25-20(15-48-30(52-25)18-9-7-6-8-10-18)50-21(33(27,44)36-17(2)39)13-23(41)37-55(45,46)34-14-19-24-26(54-32(3,4)53-24)28(51-19)38-12-11-22(40)35-31(38)43/h6-12,16,19-21,24-28,30,34,44H,13-15H2,1-5H3,(H,36,39)(H,37,41)(H,35,40,43)/t16-,19-,20-,21-,24-,25-,26-,27+,28-,30?,33+/m1/s1. The molecule has 6 rings (SSSR count). The minimum Gasteiger partial charge on any atom is -0.467 e. The number of aromatic nitrogens is 2. The van der Waals surface area contributed by atoms with Crippen LogP contribution >= 0.6 is 0 Å². The molecule has 1 aromatic heterocycles. The lowest BCUT2D eigenvalue weighted by atomic mass is 9.86. The van der Waals surface area contributed by atoms with Crippen LogP contribution in [0.15, 0.2) is 52.2 Å². The minimum atomic E-state index is -4.65. The molecule has 0 bridgehead atoms. The van der Waals surface area contributed by atoms with E-state index in [9.17, 15) is 37.5 Å². The van der Waals surface area contributed by atoms with Gasteiger partial charge >= 0.3 is 21.9 Å². The molecule has 4 aliphatic rings. The third kappa shape index (κ3) is 8.83. The van der Waals surface area contributed by atoms with E-state index < -0.39 is 125 Å². The van der Waals surface area contributed by atoms with Crippen LogP contribution in [0.3, 0.4) is 0 Å². The van der Waals surface area contributed by atoms with E-state index in [1.165, 1.54) is 13.1 Å². The molecule has 5 heterocycles. The fourth-order valence-electron chi connectivity index (χ4n) is 6.99. The molecular formula is C33H43N5O16S. The van der Waals surface area contributed by atoms with Crippen LogP contribution in [-0.4, -0.2) is 121 Å². The van der Waals surface area contributed by atoms with Crippen molar-refractivity contribution in [3.8, 4) is 0 Å². The number of H-pyrrole nitrogens is 1. The van der Waals surface area contributed by atoms with Crippen LogP contribution in [0.25, 0.3) is 0 Å². The van der Waals surface area contributed by atoms with Gasteiger partial charge in [0.15, 0.2) is 30.1 Å². The van der Waals surface area contributed by atoms with E-state index in [4.69, 9.17) is 37.9 Å². The van der Waals surface area contributed by atoms with Crippen LogP contribution in [0, 0.1) is 0 Å². The van der Waals surface area contributed by atoms with Gasteiger partial charge in [-0.15, -0.1) is 0 Å². The van der Waals surface area contributed by atoms with Gasteiger partial charge < -0.3 is 48.3 Å². The number of carbonyl (C=O) groups excluding carboxylic acids is 3. The lowest BCUT2D eigenvalue weighted by Gasteiger charge is -2.53. The van der Waals surface area contributed by atoms with Crippen LogP contribution in [0.5, 0.6) is 0 Å². The Morgan fingerprint density at radius 1 is 1.05 bits per heavy atom. The highest BCUT2D eigenvalue weighted by molar-refractivity contribution is 7.88. The molecule has 2 amide bonds. The molecule has 4 aliphatic heterocycles. The third-order valence-electron chi connectivity index (χ3n) is 9.30. The summed E-state index contributed by atoms with van der Waals surface area (Å²) in [6.45, 7) is 5.06. The number of nitrogens with zero attached hydrogens (tertiary/aromatic N) is 1. The zero-order valence-electron chi connectivity index (χ0n) is 30.4. The molecular weight excluding hydrogens is 754 g/mol. The Labute approximate surface area is 314 Å². The number of amides is 2. The van der Waals surface area contributed by atoms with Crippen molar-refractivity contribution in [3.05, 3.63) is 69.0 Å². The van der Waals surface area contributed by atoms with Gasteiger partial charge in [-0.2, -0.15) is 13.1 Å². The molecule has 0 saturated carbocycles. The topological polar surface area (TPSA) is 270 Å². The average Bonchev–Trinajstić information content (AvgIpc) is 3.61. The Hall–Kier alpha value is -4.10. The van der Waals surface area contributed by atoms with Gasteiger partial charge in [0.1, 0.15) is 42.7 Å². The molecule has 4 saturated heterocycles. The molecule has 4 fully saturated rings. The Morgan fingerprint density at radius 3 is 2.44 bits per heavy atom. The van der Waals surface area contributed by atoms with E-state index in [0.29, 0.717) is 5.56 Å². The zero-order chi connectivity index (χ0) is 39.9. The maximum atomic E-state index is 13.4. The number of rotatable bonds is 12. The number of aliphatic hydroxyl groups is 1. The van der Waals surface area contributed by atoms with E-state index in [2.05, 4.69) is 15.0 Å². The van der Waals surface area contributed by atoms with E-state index >= 15 is 0 Å². The van der Waals surface area contributed by atoms with E-state index in [-0.39, 0.29) is 6.61 Å².